The molecule has 0 saturated carbocycles. The van der Waals surface area contributed by atoms with E-state index in [1.165, 1.54) is 11.3 Å². The quantitative estimate of drug-likeness (QED) is 0.919. The highest BCUT2D eigenvalue weighted by atomic mass is 15.1. The highest BCUT2D eigenvalue weighted by Crippen LogP contribution is 2.22. The number of hydrogen-bond donors (Lipinski definition) is 1. The molecule has 0 aromatic heterocycles. The predicted molar refractivity (Wildman–Crippen MR) is 84.0 cm³/mol. The Morgan fingerprint density at radius 1 is 1.15 bits per heavy atom. The number of nitrogens with one attached hydrogen (secondary N) is 1. The van der Waals surface area contributed by atoms with Crippen molar-refractivity contribution >= 4 is 11.4 Å². The molecule has 2 aromatic carbocycles. The first-order valence-electron chi connectivity index (χ1n) is 6.61. The molecule has 20 heavy (non-hydrogen) atoms. The van der Waals surface area contributed by atoms with Crippen LogP contribution in [0.2, 0.25) is 0 Å². The van der Waals surface area contributed by atoms with Gasteiger partial charge in [-0.15, -0.1) is 0 Å². The molecule has 0 fully saturated rings. The highest BCUT2D eigenvalue weighted by Gasteiger charge is 2.04. The van der Waals surface area contributed by atoms with Gasteiger partial charge in [-0.05, 0) is 42.3 Å². The smallest absolute Gasteiger partial charge is 0.0995 e. The van der Waals surface area contributed by atoms with Crippen molar-refractivity contribution in [2.45, 2.75) is 13.5 Å². The summed E-state index contributed by atoms with van der Waals surface area (Å²) in [6, 6.07) is 16.2. The van der Waals surface area contributed by atoms with Crippen LogP contribution in [-0.2, 0) is 6.54 Å². The second-order valence-electron chi connectivity index (χ2n) is 5.02. The maximum absolute atomic E-state index is 9.08. The van der Waals surface area contributed by atoms with Crippen molar-refractivity contribution in [3.8, 4) is 6.07 Å². The van der Waals surface area contributed by atoms with Gasteiger partial charge in [-0.3, -0.25) is 0 Å². The Morgan fingerprint density at radius 2 is 1.90 bits per heavy atom. The van der Waals surface area contributed by atoms with Crippen LogP contribution in [0.25, 0.3) is 0 Å². The first-order valence-corrected chi connectivity index (χ1v) is 6.61. The van der Waals surface area contributed by atoms with E-state index in [1.54, 1.807) is 0 Å². The van der Waals surface area contributed by atoms with E-state index in [0.717, 1.165) is 16.8 Å². The predicted octanol–water partition coefficient (Wildman–Crippen LogP) is 3.54. The molecule has 2 rings (SSSR count). The number of hydrogen-bond acceptors (Lipinski definition) is 3. The number of nitrogens with zero attached hydrogens (tertiary/aromatic N) is 2. The van der Waals surface area contributed by atoms with Crippen LogP contribution in [0.4, 0.5) is 11.4 Å². The van der Waals surface area contributed by atoms with Crippen molar-refractivity contribution in [2.75, 3.05) is 24.3 Å². The lowest BCUT2D eigenvalue weighted by atomic mass is 10.1. The largest absolute Gasteiger partial charge is 0.381 e. The van der Waals surface area contributed by atoms with Gasteiger partial charge >= 0.3 is 0 Å². The third-order valence-corrected chi connectivity index (χ3v) is 3.33. The summed E-state index contributed by atoms with van der Waals surface area (Å²) in [5.74, 6) is 0. The molecule has 0 radical (unpaired) electrons. The molecule has 2 aromatic rings. The fourth-order valence-corrected chi connectivity index (χ4v) is 2.10. The van der Waals surface area contributed by atoms with Gasteiger partial charge in [0.15, 0.2) is 0 Å². The minimum Gasteiger partial charge on any atom is -0.381 e. The van der Waals surface area contributed by atoms with E-state index in [9.17, 15) is 0 Å². The van der Waals surface area contributed by atoms with Gasteiger partial charge in [-0.1, -0.05) is 18.2 Å². The van der Waals surface area contributed by atoms with Crippen molar-refractivity contribution in [1.29, 1.82) is 5.26 Å². The summed E-state index contributed by atoms with van der Waals surface area (Å²) in [6.07, 6.45) is 0. The summed E-state index contributed by atoms with van der Waals surface area (Å²) in [5.41, 5.74) is 5.23. The molecule has 0 bridgehead atoms. The Morgan fingerprint density at radius 3 is 2.55 bits per heavy atom. The Labute approximate surface area is 120 Å². The highest BCUT2D eigenvalue weighted by molar-refractivity contribution is 5.60. The molecule has 0 aliphatic heterocycles. The molecular weight excluding hydrogens is 246 g/mol. The summed E-state index contributed by atoms with van der Waals surface area (Å²) in [7, 11) is 4.07. The molecule has 0 unspecified atom stereocenters. The number of nitriles is 1. The Bertz CT molecular complexity index is 639. The van der Waals surface area contributed by atoms with Gasteiger partial charge in [0.2, 0.25) is 0 Å². The molecule has 0 heterocycles. The molecule has 0 atom stereocenters. The first-order chi connectivity index (χ1) is 9.61. The van der Waals surface area contributed by atoms with Gasteiger partial charge in [0.1, 0.15) is 0 Å². The van der Waals surface area contributed by atoms with E-state index < -0.39 is 0 Å². The van der Waals surface area contributed by atoms with Crippen LogP contribution in [0.1, 0.15) is 16.7 Å². The van der Waals surface area contributed by atoms with Crippen LogP contribution < -0.4 is 10.2 Å². The lowest BCUT2D eigenvalue weighted by Crippen LogP contribution is -2.09. The number of anilines is 2. The second kappa shape index (κ2) is 6.12. The van der Waals surface area contributed by atoms with Gasteiger partial charge < -0.3 is 10.2 Å². The van der Waals surface area contributed by atoms with Gasteiger partial charge in [-0.2, -0.15) is 5.26 Å². The minimum absolute atomic E-state index is 0.659. The molecular formula is C17H19N3. The van der Waals surface area contributed by atoms with Gasteiger partial charge in [0, 0.05) is 32.0 Å². The van der Waals surface area contributed by atoms with Crippen LogP contribution in [0.15, 0.2) is 42.5 Å². The van der Waals surface area contributed by atoms with Crippen molar-refractivity contribution in [1.82, 2.24) is 0 Å². The van der Waals surface area contributed by atoms with E-state index in [0.29, 0.717) is 6.54 Å². The number of benzene rings is 2. The maximum atomic E-state index is 9.08. The van der Waals surface area contributed by atoms with Crippen molar-refractivity contribution < 1.29 is 0 Å². The average Bonchev–Trinajstić information content (AvgIpc) is 2.46. The summed E-state index contributed by atoms with van der Waals surface area (Å²) in [4.78, 5) is 2.09. The summed E-state index contributed by atoms with van der Waals surface area (Å²) in [5, 5.41) is 12.5. The van der Waals surface area contributed by atoms with Crippen LogP contribution in [0.3, 0.4) is 0 Å². The summed E-state index contributed by atoms with van der Waals surface area (Å²) in [6.45, 7) is 2.75. The lowest BCUT2D eigenvalue weighted by molar-refractivity contribution is 1.11. The van der Waals surface area contributed by atoms with Gasteiger partial charge in [0.25, 0.3) is 0 Å². The van der Waals surface area contributed by atoms with Crippen molar-refractivity contribution in [2.24, 2.45) is 0 Å². The fraction of sp³-hybridized carbons (Fsp3) is 0.235. The zero-order chi connectivity index (χ0) is 14.5. The third kappa shape index (κ3) is 3.10. The van der Waals surface area contributed by atoms with E-state index in [2.05, 4.69) is 41.4 Å². The lowest BCUT2D eigenvalue weighted by Gasteiger charge is -2.16. The molecule has 3 nitrogen and oxygen atoms in total. The molecule has 0 aliphatic rings. The van der Waals surface area contributed by atoms with Crippen LogP contribution in [-0.4, -0.2) is 14.1 Å². The number of aryl methyl sites for hydroxylation is 1. The molecule has 1 N–H and O–H groups in total. The van der Waals surface area contributed by atoms with Gasteiger partial charge in [0.05, 0.1) is 11.6 Å². The van der Waals surface area contributed by atoms with Crippen molar-refractivity contribution in [3.63, 3.8) is 0 Å². The molecule has 3 heteroatoms. The first kappa shape index (κ1) is 14.0. The minimum atomic E-state index is 0.659. The van der Waals surface area contributed by atoms with E-state index >= 15 is 0 Å². The SMILES string of the molecule is Cc1cc(N(C)C)ccc1NCc1ccccc1C#N. The van der Waals surface area contributed by atoms with Crippen LogP contribution in [0.5, 0.6) is 0 Å². The molecule has 0 amide bonds. The zero-order valence-corrected chi connectivity index (χ0v) is 12.1. The monoisotopic (exact) mass is 265 g/mol. The summed E-state index contributed by atoms with van der Waals surface area (Å²) >= 11 is 0. The number of rotatable bonds is 4. The average molecular weight is 265 g/mol. The molecule has 0 aliphatic carbocycles. The van der Waals surface area contributed by atoms with Gasteiger partial charge in [-0.25, -0.2) is 0 Å². The van der Waals surface area contributed by atoms with Crippen LogP contribution >= 0.6 is 0 Å². The Kier molecular flexibility index (Phi) is 4.27. The van der Waals surface area contributed by atoms with E-state index in [1.807, 2.05) is 38.4 Å². The summed E-state index contributed by atoms with van der Waals surface area (Å²) < 4.78 is 0. The fourth-order valence-electron chi connectivity index (χ4n) is 2.10. The standard InChI is InChI=1S/C17H19N3/c1-13-10-16(20(2)3)8-9-17(13)19-12-15-7-5-4-6-14(15)11-18/h4-10,19H,12H2,1-3H3. The zero-order valence-electron chi connectivity index (χ0n) is 12.1. The van der Waals surface area contributed by atoms with E-state index in [-0.39, 0.29) is 0 Å². The molecule has 102 valence electrons. The van der Waals surface area contributed by atoms with E-state index in [4.69, 9.17) is 5.26 Å². The van der Waals surface area contributed by atoms with Crippen LogP contribution in [0, 0.1) is 18.3 Å². The maximum Gasteiger partial charge on any atom is 0.0995 e. The topological polar surface area (TPSA) is 39.1 Å². The third-order valence-electron chi connectivity index (χ3n) is 3.33. The molecule has 0 saturated heterocycles. The van der Waals surface area contributed by atoms with Crippen molar-refractivity contribution in [3.05, 3.63) is 59.2 Å². The second-order valence-corrected chi connectivity index (χ2v) is 5.02. The molecule has 0 spiro atoms. The normalized spacial score (nSPS) is 9.90. The Hall–Kier alpha value is -2.47. The Balaban J connectivity index is 2.14.